The van der Waals surface area contributed by atoms with Crippen molar-refractivity contribution in [2.24, 2.45) is 5.73 Å². The number of fused-ring (bicyclic) bond motifs is 1. The average molecular weight is 259 g/mol. The second-order valence-corrected chi connectivity index (χ2v) is 4.25. The van der Waals surface area contributed by atoms with Crippen LogP contribution in [-0.2, 0) is 11.3 Å². The first-order valence-corrected chi connectivity index (χ1v) is 5.84. The van der Waals surface area contributed by atoms with Crippen molar-refractivity contribution in [1.82, 2.24) is 15.0 Å². The summed E-state index contributed by atoms with van der Waals surface area (Å²) in [5.74, 6) is 0.593. The number of hydrogen-bond donors (Lipinski definition) is 1. The third-order valence-corrected chi connectivity index (χ3v) is 3.04. The second kappa shape index (κ2) is 4.36. The van der Waals surface area contributed by atoms with Gasteiger partial charge in [-0.15, -0.1) is 5.10 Å². The van der Waals surface area contributed by atoms with Gasteiger partial charge in [-0.25, -0.2) is 4.68 Å². The Balaban J connectivity index is 1.99. The second-order valence-electron chi connectivity index (χ2n) is 4.25. The fraction of sp³-hybridized carbons (Fsp3) is 0.250. The number of rotatable bonds is 2. The molecule has 1 aromatic carbocycles. The Bertz CT molecular complexity index is 637. The quantitative estimate of drug-likeness (QED) is 0.825. The Morgan fingerprint density at radius 2 is 2.32 bits per heavy atom. The Morgan fingerprint density at radius 3 is 3.05 bits per heavy atom. The number of anilines is 1. The molecule has 3 rings (SSSR count). The molecule has 0 spiro atoms. The van der Waals surface area contributed by atoms with Gasteiger partial charge in [0.15, 0.2) is 6.61 Å². The highest BCUT2D eigenvalue weighted by atomic mass is 16.5. The molecule has 7 nitrogen and oxygen atoms in total. The van der Waals surface area contributed by atoms with E-state index in [1.807, 2.05) is 18.2 Å². The summed E-state index contributed by atoms with van der Waals surface area (Å²) < 4.78 is 7.05. The van der Waals surface area contributed by atoms with Crippen molar-refractivity contribution >= 4 is 11.6 Å². The lowest BCUT2D eigenvalue weighted by Gasteiger charge is -2.26. The molecule has 0 aliphatic carbocycles. The summed E-state index contributed by atoms with van der Waals surface area (Å²) in [6.45, 7) is 0.400. The molecule has 0 unspecified atom stereocenters. The van der Waals surface area contributed by atoms with Crippen LogP contribution in [0.25, 0.3) is 5.69 Å². The number of hydrogen-bond acceptors (Lipinski definition) is 5. The molecule has 0 bridgehead atoms. The number of benzene rings is 1. The Labute approximate surface area is 109 Å². The maximum atomic E-state index is 11.5. The van der Waals surface area contributed by atoms with Crippen molar-refractivity contribution in [2.75, 3.05) is 18.6 Å². The van der Waals surface area contributed by atoms with Crippen LogP contribution in [0.5, 0.6) is 5.75 Å². The van der Waals surface area contributed by atoms with Crippen molar-refractivity contribution in [2.45, 2.75) is 6.54 Å². The van der Waals surface area contributed by atoms with E-state index in [0.717, 1.165) is 11.4 Å². The van der Waals surface area contributed by atoms with E-state index in [1.165, 1.54) is 0 Å². The molecule has 0 saturated carbocycles. The van der Waals surface area contributed by atoms with Crippen molar-refractivity contribution in [3.8, 4) is 11.4 Å². The highest BCUT2D eigenvalue weighted by Crippen LogP contribution is 2.32. The van der Waals surface area contributed by atoms with E-state index in [4.69, 9.17) is 10.5 Å². The van der Waals surface area contributed by atoms with E-state index in [9.17, 15) is 4.79 Å². The number of nitrogens with zero attached hydrogens (tertiary/aromatic N) is 4. The predicted octanol–water partition coefficient (Wildman–Crippen LogP) is 0.0812. The lowest BCUT2D eigenvalue weighted by atomic mass is 10.2. The lowest BCUT2D eigenvalue weighted by Crippen LogP contribution is -2.35. The molecule has 1 aromatic heterocycles. The monoisotopic (exact) mass is 259 g/mol. The van der Waals surface area contributed by atoms with Crippen LogP contribution in [0.3, 0.4) is 0 Å². The number of carbonyl (C=O) groups excluding carboxylic acids is 1. The molecular weight excluding hydrogens is 246 g/mol. The summed E-state index contributed by atoms with van der Waals surface area (Å²) in [4.78, 5) is 13.1. The number of amides is 1. The zero-order chi connectivity index (χ0) is 13.4. The van der Waals surface area contributed by atoms with Gasteiger partial charge >= 0.3 is 0 Å². The molecule has 1 aliphatic rings. The molecule has 0 radical (unpaired) electrons. The van der Waals surface area contributed by atoms with Gasteiger partial charge < -0.3 is 15.4 Å². The van der Waals surface area contributed by atoms with Crippen LogP contribution in [0.4, 0.5) is 5.69 Å². The minimum atomic E-state index is -0.0635. The number of ether oxygens (including phenoxy) is 1. The van der Waals surface area contributed by atoms with Gasteiger partial charge in [-0.05, 0) is 12.1 Å². The Morgan fingerprint density at radius 1 is 1.47 bits per heavy atom. The minimum absolute atomic E-state index is 0.0539. The van der Waals surface area contributed by atoms with E-state index < -0.39 is 0 Å². The molecular formula is C12H13N5O2. The van der Waals surface area contributed by atoms with E-state index >= 15 is 0 Å². The zero-order valence-electron chi connectivity index (χ0n) is 10.4. The van der Waals surface area contributed by atoms with Crippen molar-refractivity contribution in [3.05, 3.63) is 30.1 Å². The lowest BCUT2D eigenvalue weighted by molar-refractivity contribution is -0.120. The van der Waals surface area contributed by atoms with Gasteiger partial charge in [0.05, 0.1) is 23.3 Å². The summed E-state index contributed by atoms with van der Waals surface area (Å²) in [5.41, 5.74) is 7.78. The summed E-state index contributed by atoms with van der Waals surface area (Å²) in [6.07, 6.45) is 1.76. The molecule has 1 amide bonds. The van der Waals surface area contributed by atoms with Crippen molar-refractivity contribution < 1.29 is 9.53 Å². The van der Waals surface area contributed by atoms with Gasteiger partial charge in [0.25, 0.3) is 5.91 Å². The number of nitrogens with two attached hydrogens (primary N) is 1. The maximum Gasteiger partial charge on any atom is 0.264 e. The zero-order valence-corrected chi connectivity index (χ0v) is 10.4. The van der Waals surface area contributed by atoms with Gasteiger partial charge in [0, 0.05) is 19.7 Å². The molecule has 2 aromatic rings. The van der Waals surface area contributed by atoms with Crippen LogP contribution >= 0.6 is 0 Å². The summed E-state index contributed by atoms with van der Waals surface area (Å²) in [6, 6.07) is 5.51. The SMILES string of the molecule is CN1C(=O)COc2cc(-n3cc(CN)nn3)ccc21. The smallest absolute Gasteiger partial charge is 0.264 e. The van der Waals surface area contributed by atoms with Crippen molar-refractivity contribution in [1.29, 1.82) is 0 Å². The van der Waals surface area contributed by atoms with E-state index in [-0.39, 0.29) is 12.5 Å². The average Bonchev–Trinajstić information content (AvgIpc) is 2.91. The number of aromatic nitrogens is 3. The normalized spacial score (nSPS) is 14.2. The Hall–Kier alpha value is -2.41. The van der Waals surface area contributed by atoms with E-state index in [1.54, 1.807) is 22.8 Å². The van der Waals surface area contributed by atoms with Gasteiger partial charge in [0.1, 0.15) is 5.75 Å². The number of likely N-dealkylation sites (N-methyl/N-ethyl adjacent to an activating group) is 1. The minimum Gasteiger partial charge on any atom is -0.481 e. The van der Waals surface area contributed by atoms with Crippen LogP contribution in [0, 0.1) is 0 Å². The molecule has 0 fully saturated rings. The summed E-state index contributed by atoms with van der Waals surface area (Å²) >= 11 is 0. The van der Waals surface area contributed by atoms with Crippen molar-refractivity contribution in [3.63, 3.8) is 0 Å². The standard InChI is InChI=1S/C12H13N5O2/c1-16-10-3-2-9(4-11(10)19-7-12(16)18)17-6-8(5-13)14-15-17/h2-4,6H,5,7,13H2,1H3. The topological polar surface area (TPSA) is 86.3 Å². The molecule has 19 heavy (non-hydrogen) atoms. The fourth-order valence-electron chi connectivity index (χ4n) is 1.93. The summed E-state index contributed by atoms with van der Waals surface area (Å²) in [7, 11) is 1.73. The van der Waals surface area contributed by atoms with Crippen LogP contribution in [-0.4, -0.2) is 34.6 Å². The third kappa shape index (κ3) is 1.93. The van der Waals surface area contributed by atoms with Gasteiger partial charge in [0.2, 0.25) is 0 Å². The van der Waals surface area contributed by atoms with Crippen LogP contribution in [0.1, 0.15) is 5.69 Å². The van der Waals surface area contributed by atoms with Gasteiger partial charge in [-0.3, -0.25) is 4.79 Å². The first-order chi connectivity index (χ1) is 9.19. The van der Waals surface area contributed by atoms with Crippen LogP contribution in [0.2, 0.25) is 0 Å². The molecule has 2 N–H and O–H groups in total. The largest absolute Gasteiger partial charge is 0.481 e. The highest BCUT2D eigenvalue weighted by Gasteiger charge is 2.22. The third-order valence-electron chi connectivity index (χ3n) is 3.04. The number of carbonyl (C=O) groups is 1. The molecule has 7 heteroatoms. The maximum absolute atomic E-state index is 11.5. The molecule has 98 valence electrons. The molecule has 0 atom stereocenters. The van der Waals surface area contributed by atoms with Crippen LogP contribution in [0.15, 0.2) is 24.4 Å². The van der Waals surface area contributed by atoms with E-state index in [0.29, 0.717) is 18.0 Å². The summed E-state index contributed by atoms with van der Waals surface area (Å²) in [5, 5.41) is 7.92. The van der Waals surface area contributed by atoms with Crippen LogP contribution < -0.4 is 15.4 Å². The molecule has 2 heterocycles. The fourth-order valence-corrected chi connectivity index (χ4v) is 1.93. The van der Waals surface area contributed by atoms with Gasteiger partial charge in [-0.2, -0.15) is 0 Å². The first kappa shape index (κ1) is 11.7. The van der Waals surface area contributed by atoms with E-state index in [2.05, 4.69) is 10.3 Å². The Kier molecular flexibility index (Phi) is 2.68. The predicted molar refractivity (Wildman–Crippen MR) is 68.2 cm³/mol. The molecule has 0 saturated heterocycles. The van der Waals surface area contributed by atoms with Gasteiger partial charge in [-0.1, -0.05) is 5.21 Å². The highest BCUT2D eigenvalue weighted by molar-refractivity contribution is 5.97. The molecule has 1 aliphatic heterocycles. The first-order valence-electron chi connectivity index (χ1n) is 5.84.